The zero-order valence-electron chi connectivity index (χ0n) is 18.4. The molecule has 1 fully saturated rings. The molecule has 2 heterocycles. The topological polar surface area (TPSA) is 104 Å². The number of fused-ring (bicyclic) bond motifs is 1. The van der Waals surface area contributed by atoms with Gasteiger partial charge in [-0.3, -0.25) is 0 Å². The highest BCUT2D eigenvalue weighted by molar-refractivity contribution is 5.68. The predicted octanol–water partition coefficient (Wildman–Crippen LogP) is 3.77. The lowest BCUT2D eigenvalue weighted by Gasteiger charge is -2.33. The van der Waals surface area contributed by atoms with Crippen LogP contribution in [0.3, 0.4) is 0 Å². The van der Waals surface area contributed by atoms with Crippen molar-refractivity contribution in [1.29, 1.82) is 0 Å². The molecule has 0 aliphatic heterocycles. The highest BCUT2D eigenvalue weighted by Crippen LogP contribution is 2.41. The van der Waals surface area contributed by atoms with Crippen molar-refractivity contribution in [3.8, 4) is 0 Å². The first-order chi connectivity index (χ1) is 14.5. The molecule has 2 aromatic heterocycles. The van der Waals surface area contributed by atoms with E-state index in [1.165, 1.54) is 0 Å². The molecule has 8 nitrogen and oxygen atoms in total. The number of alkyl carbamates (subject to hydrolysis) is 1. The number of nitrogens with one attached hydrogen (secondary N) is 1. The lowest BCUT2D eigenvalue weighted by Crippen LogP contribution is -2.40. The Morgan fingerprint density at radius 2 is 2.06 bits per heavy atom. The third-order valence-corrected chi connectivity index (χ3v) is 5.36. The summed E-state index contributed by atoms with van der Waals surface area (Å²) in [6.07, 6.45) is 2.85. The molecule has 0 bridgehead atoms. The minimum Gasteiger partial charge on any atom is -0.444 e. The van der Waals surface area contributed by atoms with E-state index in [9.17, 15) is 13.6 Å². The quantitative estimate of drug-likeness (QED) is 0.710. The average molecular weight is 440 g/mol. The molecule has 1 unspecified atom stereocenters. The Labute approximate surface area is 180 Å². The maximum Gasteiger partial charge on any atom is 0.408 e. The summed E-state index contributed by atoms with van der Waals surface area (Å²) < 4.78 is 39.5. The van der Waals surface area contributed by atoms with Crippen molar-refractivity contribution in [2.24, 2.45) is 11.7 Å². The SMILES string of the molecule is COCC(N)c1cnn2cc([C@@H](NC(=O)OC(C)(C)C)C3CCC(F)(F)CC3)nc2c1. The Morgan fingerprint density at radius 3 is 2.68 bits per heavy atom. The van der Waals surface area contributed by atoms with Crippen LogP contribution in [0.15, 0.2) is 18.5 Å². The van der Waals surface area contributed by atoms with Gasteiger partial charge in [-0.2, -0.15) is 5.10 Å². The van der Waals surface area contributed by atoms with Gasteiger partial charge in [-0.15, -0.1) is 0 Å². The summed E-state index contributed by atoms with van der Waals surface area (Å²) in [5.74, 6) is -2.85. The number of hydrogen-bond donors (Lipinski definition) is 2. The lowest BCUT2D eigenvalue weighted by molar-refractivity contribution is -0.0500. The van der Waals surface area contributed by atoms with E-state index in [0.717, 1.165) is 5.56 Å². The zero-order chi connectivity index (χ0) is 22.8. The van der Waals surface area contributed by atoms with E-state index >= 15 is 0 Å². The first-order valence-electron chi connectivity index (χ1n) is 10.4. The first-order valence-corrected chi connectivity index (χ1v) is 10.4. The molecule has 2 atom stereocenters. The van der Waals surface area contributed by atoms with Crippen LogP contribution in [0.5, 0.6) is 0 Å². The Bertz CT molecular complexity index is 902. The molecular formula is C21H31F2N5O3. The minimum atomic E-state index is -2.67. The van der Waals surface area contributed by atoms with Gasteiger partial charge in [0, 0.05) is 20.0 Å². The number of alkyl halides is 2. The monoisotopic (exact) mass is 439 g/mol. The van der Waals surface area contributed by atoms with Crippen LogP contribution in [0.1, 0.15) is 69.8 Å². The Hall–Kier alpha value is -2.33. The number of hydrogen-bond acceptors (Lipinski definition) is 6. The van der Waals surface area contributed by atoms with E-state index in [4.69, 9.17) is 15.2 Å². The highest BCUT2D eigenvalue weighted by atomic mass is 19.3. The molecule has 172 valence electrons. The molecule has 1 saturated carbocycles. The molecule has 0 saturated heterocycles. The maximum atomic E-state index is 13.7. The molecule has 31 heavy (non-hydrogen) atoms. The van der Waals surface area contributed by atoms with E-state index in [-0.39, 0.29) is 37.6 Å². The van der Waals surface area contributed by atoms with Crippen LogP contribution in [0.2, 0.25) is 0 Å². The number of nitrogens with zero attached hydrogens (tertiary/aromatic N) is 3. The van der Waals surface area contributed by atoms with Gasteiger partial charge in [0.25, 0.3) is 0 Å². The zero-order valence-corrected chi connectivity index (χ0v) is 18.4. The molecule has 3 N–H and O–H groups in total. The smallest absolute Gasteiger partial charge is 0.408 e. The van der Waals surface area contributed by atoms with E-state index in [1.807, 2.05) is 0 Å². The van der Waals surface area contributed by atoms with Crippen molar-refractivity contribution >= 4 is 11.7 Å². The van der Waals surface area contributed by atoms with Crippen molar-refractivity contribution in [2.75, 3.05) is 13.7 Å². The van der Waals surface area contributed by atoms with Crippen LogP contribution in [0.25, 0.3) is 5.65 Å². The lowest BCUT2D eigenvalue weighted by atomic mass is 9.81. The molecule has 0 spiro atoms. The van der Waals surface area contributed by atoms with Crippen molar-refractivity contribution in [2.45, 2.75) is 70.1 Å². The summed E-state index contributed by atoms with van der Waals surface area (Å²) >= 11 is 0. The molecule has 0 radical (unpaired) electrons. The van der Waals surface area contributed by atoms with Gasteiger partial charge in [0.1, 0.15) is 5.60 Å². The molecule has 1 aliphatic rings. The van der Waals surface area contributed by atoms with Crippen LogP contribution < -0.4 is 11.1 Å². The average Bonchev–Trinajstić information content (AvgIpc) is 3.08. The highest BCUT2D eigenvalue weighted by Gasteiger charge is 2.39. The third-order valence-electron chi connectivity index (χ3n) is 5.36. The number of nitrogens with two attached hydrogens (primary N) is 1. The van der Waals surface area contributed by atoms with Gasteiger partial charge < -0.3 is 20.5 Å². The number of amides is 1. The maximum absolute atomic E-state index is 13.7. The van der Waals surface area contributed by atoms with Gasteiger partial charge in [-0.25, -0.2) is 23.1 Å². The molecule has 1 aliphatic carbocycles. The number of rotatable bonds is 6. The predicted molar refractivity (Wildman–Crippen MR) is 111 cm³/mol. The van der Waals surface area contributed by atoms with E-state index in [0.29, 0.717) is 17.9 Å². The Morgan fingerprint density at radius 1 is 1.39 bits per heavy atom. The molecule has 10 heteroatoms. The van der Waals surface area contributed by atoms with Gasteiger partial charge in [0.15, 0.2) is 5.65 Å². The second-order valence-electron chi connectivity index (χ2n) is 9.14. The van der Waals surface area contributed by atoms with Gasteiger partial charge in [-0.05, 0) is 51.2 Å². The summed E-state index contributed by atoms with van der Waals surface area (Å²) in [6.45, 7) is 5.64. The van der Waals surface area contributed by atoms with Crippen molar-refractivity contribution in [1.82, 2.24) is 19.9 Å². The minimum absolute atomic E-state index is 0.188. The summed E-state index contributed by atoms with van der Waals surface area (Å²) in [7, 11) is 1.57. The fraction of sp³-hybridized carbons (Fsp3) is 0.667. The number of halogens is 2. The van der Waals surface area contributed by atoms with Crippen molar-refractivity contribution in [3.63, 3.8) is 0 Å². The van der Waals surface area contributed by atoms with Crippen LogP contribution in [0.4, 0.5) is 13.6 Å². The van der Waals surface area contributed by atoms with E-state index in [1.54, 1.807) is 50.9 Å². The number of imidazole rings is 1. The fourth-order valence-electron chi connectivity index (χ4n) is 3.80. The summed E-state index contributed by atoms with van der Waals surface area (Å²) in [5, 5.41) is 7.20. The number of ether oxygens (including phenoxy) is 2. The van der Waals surface area contributed by atoms with Crippen LogP contribution in [-0.2, 0) is 9.47 Å². The molecule has 2 aromatic rings. The second kappa shape index (κ2) is 9.04. The van der Waals surface area contributed by atoms with Crippen LogP contribution in [0, 0.1) is 5.92 Å². The normalized spacial score (nSPS) is 19.2. The third kappa shape index (κ3) is 6.10. The van der Waals surface area contributed by atoms with Gasteiger partial charge in [0.2, 0.25) is 5.92 Å². The first kappa shape index (κ1) is 23.3. The summed E-state index contributed by atoms with van der Waals surface area (Å²) in [5.41, 5.74) is 7.27. The number of carbonyl (C=O) groups excluding carboxylic acids is 1. The van der Waals surface area contributed by atoms with Crippen LogP contribution in [-0.4, -0.2) is 45.9 Å². The number of carbonyl (C=O) groups is 1. The van der Waals surface area contributed by atoms with E-state index in [2.05, 4.69) is 15.4 Å². The number of aromatic nitrogens is 3. The van der Waals surface area contributed by atoms with E-state index < -0.39 is 23.7 Å². The molecule has 0 aromatic carbocycles. The molecule has 3 rings (SSSR count). The summed E-state index contributed by atoms with van der Waals surface area (Å²) in [6, 6.07) is 0.891. The standard InChI is InChI=1S/C21H31F2N5O3/c1-20(2,3)31-19(29)27-18(13-5-7-21(22,23)8-6-13)16-11-28-17(26-16)9-14(10-25-28)15(24)12-30-4/h9-11,13,15,18H,5-8,12,24H2,1-4H3,(H,27,29)/t15?,18-/m0/s1. The van der Waals surface area contributed by atoms with Gasteiger partial charge in [-0.1, -0.05) is 0 Å². The molecule has 1 amide bonds. The molecular weight excluding hydrogens is 408 g/mol. The largest absolute Gasteiger partial charge is 0.444 e. The second-order valence-corrected chi connectivity index (χ2v) is 9.14. The van der Waals surface area contributed by atoms with Gasteiger partial charge >= 0.3 is 6.09 Å². The number of methoxy groups -OCH3 is 1. The fourth-order valence-corrected chi connectivity index (χ4v) is 3.80. The summed E-state index contributed by atoms with van der Waals surface area (Å²) in [4.78, 5) is 17.1. The van der Waals surface area contributed by atoms with Crippen molar-refractivity contribution in [3.05, 3.63) is 29.7 Å². The Balaban J connectivity index is 1.88. The van der Waals surface area contributed by atoms with Crippen LogP contribution >= 0.6 is 0 Å². The van der Waals surface area contributed by atoms with Crippen molar-refractivity contribution < 1.29 is 23.0 Å². The Kier molecular flexibility index (Phi) is 6.80. The van der Waals surface area contributed by atoms with Gasteiger partial charge in [0.05, 0.1) is 36.8 Å².